The van der Waals surface area contributed by atoms with E-state index in [9.17, 15) is 31.4 Å². The summed E-state index contributed by atoms with van der Waals surface area (Å²) in [7, 11) is 0. The summed E-state index contributed by atoms with van der Waals surface area (Å²) in [6.07, 6.45) is -9.90. The van der Waals surface area contributed by atoms with E-state index in [1.54, 1.807) is 18.3 Å². The molecule has 0 aliphatic carbocycles. The monoisotopic (exact) mass is 489 g/mol. The molecule has 0 amide bonds. The van der Waals surface area contributed by atoms with Gasteiger partial charge in [0.15, 0.2) is 0 Å². The van der Waals surface area contributed by atoms with Crippen LogP contribution in [0.1, 0.15) is 11.1 Å². The summed E-state index contributed by atoms with van der Waals surface area (Å²) in [5.74, 6) is -0.326. The number of hydrogen-bond acceptors (Lipinski definition) is 3. The van der Waals surface area contributed by atoms with Crippen molar-refractivity contribution >= 4 is 0 Å². The minimum absolute atomic E-state index is 0.0117. The molecule has 9 heteroatoms. The van der Waals surface area contributed by atoms with Gasteiger partial charge in [0.25, 0.3) is 0 Å². The molecular weight excluding hydrogens is 472 g/mol. The molecule has 0 radical (unpaired) electrons. The highest BCUT2D eigenvalue weighted by Crippen LogP contribution is 2.56. The Hall–Kier alpha value is -4.01. The Bertz CT molecular complexity index is 1250. The van der Waals surface area contributed by atoms with E-state index in [1.165, 1.54) is 0 Å². The molecule has 35 heavy (non-hydrogen) atoms. The first kappa shape index (κ1) is 24.1. The quantitative estimate of drug-likeness (QED) is 0.293. The second-order valence-electron chi connectivity index (χ2n) is 7.67. The molecule has 0 atom stereocenters. The van der Waals surface area contributed by atoms with Gasteiger partial charge >= 0.3 is 12.4 Å². The lowest BCUT2D eigenvalue weighted by molar-refractivity contribution is -0.288. The summed E-state index contributed by atoms with van der Waals surface area (Å²) >= 11 is 0. The van der Waals surface area contributed by atoms with Gasteiger partial charge in [0, 0.05) is 17.8 Å². The second kappa shape index (κ2) is 8.98. The minimum Gasteiger partial charge on any atom is -0.508 e. The van der Waals surface area contributed by atoms with Crippen LogP contribution in [0.2, 0.25) is 0 Å². The molecule has 0 unspecified atom stereocenters. The fraction of sp³-hybridized carbons (Fsp3) is 0.115. The van der Waals surface area contributed by atoms with Crippen LogP contribution in [0.15, 0.2) is 97.2 Å². The van der Waals surface area contributed by atoms with Gasteiger partial charge < -0.3 is 9.84 Å². The van der Waals surface area contributed by atoms with E-state index in [1.807, 2.05) is 30.3 Å². The summed E-state index contributed by atoms with van der Waals surface area (Å²) in [5, 5.41) is 9.37. The third-order valence-electron chi connectivity index (χ3n) is 5.50. The van der Waals surface area contributed by atoms with Crippen molar-refractivity contribution in [2.75, 3.05) is 0 Å². The van der Waals surface area contributed by atoms with Crippen molar-refractivity contribution in [3.8, 4) is 28.5 Å². The first-order valence-electron chi connectivity index (χ1n) is 10.3. The predicted molar refractivity (Wildman–Crippen MR) is 117 cm³/mol. The van der Waals surface area contributed by atoms with Crippen LogP contribution in [0.4, 0.5) is 26.3 Å². The molecule has 0 saturated heterocycles. The zero-order chi connectivity index (χ0) is 25.3. The first-order valence-corrected chi connectivity index (χ1v) is 10.3. The molecule has 0 saturated carbocycles. The van der Waals surface area contributed by atoms with E-state index >= 15 is 0 Å². The number of phenols is 1. The van der Waals surface area contributed by atoms with E-state index in [4.69, 9.17) is 4.74 Å². The molecule has 1 aromatic heterocycles. The highest BCUT2D eigenvalue weighted by molar-refractivity contribution is 5.62. The van der Waals surface area contributed by atoms with Gasteiger partial charge in [-0.3, -0.25) is 0 Å². The molecule has 0 aliphatic heterocycles. The van der Waals surface area contributed by atoms with Crippen molar-refractivity contribution in [3.05, 3.63) is 108 Å². The molecule has 3 aromatic carbocycles. The number of hydrogen-bond donors (Lipinski definition) is 1. The maximum Gasteiger partial charge on any atom is 0.411 e. The van der Waals surface area contributed by atoms with Crippen LogP contribution in [0.5, 0.6) is 17.4 Å². The molecule has 0 bridgehead atoms. The third-order valence-corrected chi connectivity index (χ3v) is 5.50. The number of pyridine rings is 1. The van der Waals surface area contributed by atoms with Crippen molar-refractivity contribution in [1.29, 1.82) is 0 Å². The lowest BCUT2D eigenvalue weighted by Crippen LogP contribution is -2.54. The molecule has 3 nitrogen and oxygen atoms in total. The van der Waals surface area contributed by atoms with E-state index < -0.39 is 34.6 Å². The fourth-order valence-electron chi connectivity index (χ4n) is 3.83. The molecule has 180 valence electrons. The van der Waals surface area contributed by atoms with Crippen molar-refractivity contribution in [2.45, 2.75) is 17.8 Å². The standard InChI is InChI=1S/C26H17F6NO2/c27-25(28,29)24(26(30,31)32,19-7-11-21(34)12-8-19)20-9-13-22(14-10-20)35-23-15-6-18(16-33-23)17-4-2-1-3-5-17/h1-16,34H. The average molecular weight is 489 g/mol. The summed E-state index contributed by atoms with van der Waals surface area (Å²) in [5.41, 5.74) is -4.69. The summed E-state index contributed by atoms with van der Waals surface area (Å²) in [6.45, 7) is 0. The SMILES string of the molecule is Oc1ccc(C(c2ccc(Oc3ccc(-c4ccccc4)cn3)cc2)(C(F)(F)F)C(F)(F)F)cc1. The third kappa shape index (κ3) is 4.53. The second-order valence-corrected chi connectivity index (χ2v) is 7.67. The Morgan fingerprint density at radius 2 is 1.14 bits per heavy atom. The fourth-order valence-corrected chi connectivity index (χ4v) is 3.83. The number of aromatic nitrogens is 1. The van der Waals surface area contributed by atoms with Gasteiger partial charge in [-0.05, 0) is 47.0 Å². The summed E-state index contributed by atoms with van der Waals surface area (Å²) in [6, 6.07) is 18.9. The van der Waals surface area contributed by atoms with Crippen LogP contribution >= 0.6 is 0 Å². The van der Waals surface area contributed by atoms with Gasteiger partial charge in [0.05, 0.1) is 0 Å². The number of halogens is 6. The maximum absolute atomic E-state index is 14.1. The molecule has 4 aromatic rings. The van der Waals surface area contributed by atoms with E-state index in [2.05, 4.69) is 4.98 Å². The molecule has 1 N–H and O–H groups in total. The zero-order valence-corrected chi connectivity index (χ0v) is 17.8. The topological polar surface area (TPSA) is 42.4 Å². The highest BCUT2D eigenvalue weighted by Gasteiger charge is 2.72. The zero-order valence-electron chi connectivity index (χ0n) is 17.8. The molecule has 1 heterocycles. The van der Waals surface area contributed by atoms with Crippen molar-refractivity contribution in [3.63, 3.8) is 0 Å². The lowest BCUT2D eigenvalue weighted by atomic mass is 9.73. The summed E-state index contributed by atoms with van der Waals surface area (Å²) in [4.78, 5) is 4.15. The van der Waals surface area contributed by atoms with Gasteiger partial charge in [0.1, 0.15) is 11.5 Å². The average Bonchev–Trinajstić information content (AvgIpc) is 2.81. The first-order chi connectivity index (χ1) is 16.5. The number of aromatic hydroxyl groups is 1. The molecule has 4 rings (SSSR count). The Labute approximate surface area is 196 Å². The minimum atomic E-state index is -5.72. The number of alkyl halides is 6. The summed E-state index contributed by atoms with van der Waals surface area (Å²) < 4.78 is 90.4. The maximum atomic E-state index is 14.1. The number of rotatable bonds is 5. The Kier molecular flexibility index (Phi) is 6.19. The number of ether oxygens (including phenoxy) is 1. The smallest absolute Gasteiger partial charge is 0.411 e. The Balaban J connectivity index is 1.67. The van der Waals surface area contributed by atoms with Crippen LogP contribution < -0.4 is 4.74 Å². The van der Waals surface area contributed by atoms with Crippen LogP contribution in [0, 0.1) is 0 Å². The van der Waals surface area contributed by atoms with Crippen LogP contribution in [0.25, 0.3) is 11.1 Å². The van der Waals surface area contributed by atoms with Crippen LogP contribution in [-0.2, 0) is 5.41 Å². The largest absolute Gasteiger partial charge is 0.508 e. The van der Waals surface area contributed by atoms with Gasteiger partial charge in [-0.15, -0.1) is 0 Å². The van der Waals surface area contributed by atoms with Gasteiger partial charge in [0.2, 0.25) is 11.3 Å². The van der Waals surface area contributed by atoms with Crippen LogP contribution in [-0.4, -0.2) is 22.4 Å². The van der Waals surface area contributed by atoms with Gasteiger partial charge in [-0.1, -0.05) is 54.6 Å². The number of benzene rings is 3. The molecule has 0 aliphatic rings. The normalized spacial score (nSPS) is 12.4. The van der Waals surface area contributed by atoms with Crippen molar-refractivity contribution in [2.24, 2.45) is 0 Å². The lowest BCUT2D eigenvalue weighted by Gasteiger charge is -2.38. The predicted octanol–water partition coefficient (Wildman–Crippen LogP) is 7.66. The van der Waals surface area contributed by atoms with Crippen LogP contribution in [0.3, 0.4) is 0 Å². The highest BCUT2D eigenvalue weighted by atomic mass is 19.4. The molecule has 0 spiro atoms. The van der Waals surface area contributed by atoms with Gasteiger partial charge in [-0.25, -0.2) is 4.98 Å². The Morgan fingerprint density at radius 1 is 0.600 bits per heavy atom. The number of phenolic OH excluding ortho intramolecular Hbond substituents is 1. The van der Waals surface area contributed by atoms with E-state index in [0.717, 1.165) is 47.5 Å². The van der Waals surface area contributed by atoms with Crippen molar-refractivity contribution in [1.82, 2.24) is 4.98 Å². The number of nitrogens with zero attached hydrogens (tertiary/aromatic N) is 1. The Morgan fingerprint density at radius 3 is 1.63 bits per heavy atom. The van der Waals surface area contributed by atoms with Crippen molar-refractivity contribution < 1.29 is 36.2 Å². The van der Waals surface area contributed by atoms with E-state index in [-0.39, 0.29) is 11.6 Å². The molecule has 0 fully saturated rings. The molecular formula is C26H17F6NO2. The van der Waals surface area contributed by atoms with Gasteiger partial charge in [-0.2, -0.15) is 26.3 Å². The van der Waals surface area contributed by atoms with E-state index in [0.29, 0.717) is 12.1 Å².